The number of likely N-dealkylation sites (tertiary alicyclic amines) is 1. The van der Waals surface area contributed by atoms with E-state index in [4.69, 9.17) is 0 Å². The van der Waals surface area contributed by atoms with Gasteiger partial charge in [0.25, 0.3) is 0 Å². The molecule has 1 atom stereocenters. The standard InChI is InChI=1S/C13H21N3OS/c1-18-13-14-7-11(8-15-13)9-16-6-4-2-3-5-12(16)10-17/h7-8,12,17H,2-6,9-10H2,1H3/t12-/m0/s1. The Morgan fingerprint density at radius 3 is 2.78 bits per heavy atom. The van der Waals surface area contributed by atoms with Crippen LogP contribution in [0.4, 0.5) is 0 Å². The minimum Gasteiger partial charge on any atom is -0.395 e. The number of aliphatic hydroxyl groups excluding tert-OH is 1. The van der Waals surface area contributed by atoms with Crippen LogP contribution >= 0.6 is 11.8 Å². The first-order chi connectivity index (χ1) is 8.83. The second kappa shape index (κ2) is 7.07. The van der Waals surface area contributed by atoms with Crippen LogP contribution in [0.2, 0.25) is 0 Å². The van der Waals surface area contributed by atoms with Gasteiger partial charge in [-0.3, -0.25) is 4.90 Å². The molecule has 100 valence electrons. The molecule has 1 saturated heterocycles. The Morgan fingerprint density at radius 2 is 2.11 bits per heavy atom. The summed E-state index contributed by atoms with van der Waals surface area (Å²) in [5.41, 5.74) is 1.13. The summed E-state index contributed by atoms with van der Waals surface area (Å²) in [4.78, 5) is 11.0. The van der Waals surface area contributed by atoms with Crippen LogP contribution in [-0.4, -0.2) is 45.4 Å². The minimum atomic E-state index is 0.254. The maximum atomic E-state index is 9.47. The van der Waals surface area contributed by atoms with Gasteiger partial charge >= 0.3 is 0 Å². The lowest BCUT2D eigenvalue weighted by Crippen LogP contribution is -2.36. The van der Waals surface area contributed by atoms with E-state index in [0.717, 1.165) is 30.2 Å². The number of nitrogens with zero attached hydrogens (tertiary/aromatic N) is 3. The molecule has 1 N–H and O–H groups in total. The van der Waals surface area contributed by atoms with Crippen LogP contribution in [0.3, 0.4) is 0 Å². The lowest BCUT2D eigenvalue weighted by atomic mass is 10.1. The fourth-order valence-electron chi connectivity index (χ4n) is 2.42. The van der Waals surface area contributed by atoms with E-state index in [-0.39, 0.29) is 6.61 Å². The van der Waals surface area contributed by atoms with Crippen molar-refractivity contribution in [3.8, 4) is 0 Å². The molecule has 0 radical (unpaired) electrons. The highest BCUT2D eigenvalue weighted by atomic mass is 32.2. The average Bonchev–Trinajstić information content (AvgIpc) is 2.64. The molecule has 1 fully saturated rings. The first-order valence-corrected chi connectivity index (χ1v) is 7.76. The Bertz CT molecular complexity index is 358. The number of aliphatic hydroxyl groups is 1. The topological polar surface area (TPSA) is 49.2 Å². The van der Waals surface area contributed by atoms with Crippen molar-refractivity contribution in [2.75, 3.05) is 19.4 Å². The highest BCUT2D eigenvalue weighted by Crippen LogP contribution is 2.19. The van der Waals surface area contributed by atoms with E-state index in [9.17, 15) is 5.11 Å². The average molecular weight is 267 g/mol. The zero-order valence-corrected chi connectivity index (χ0v) is 11.7. The predicted molar refractivity (Wildman–Crippen MR) is 73.6 cm³/mol. The Hall–Kier alpha value is -0.650. The van der Waals surface area contributed by atoms with Crippen LogP contribution in [-0.2, 0) is 6.54 Å². The molecule has 0 aromatic carbocycles. The van der Waals surface area contributed by atoms with Gasteiger partial charge in [-0.15, -0.1) is 0 Å². The zero-order valence-electron chi connectivity index (χ0n) is 10.9. The molecule has 1 aliphatic rings. The van der Waals surface area contributed by atoms with E-state index in [1.54, 1.807) is 11.8 Å². The van der Waals surface area contributed by atoms with Crippen LogP contribution < -0.4 is 0 Å². The minimum absolute atomic E-state index is 0.254. The smallest absolute Gasteiger partial charge is 0.187 e. The summed E-state index contributed by atoms with van der Waals surface area (Å²) >= 11 is 1.56. The van der Waals surface area contributed by atoms with Crippen molar-refractivity contribution in [3.63, 3.8) is 0 Å². The Morgan fingerprint density at radius 1 is 1.33 bits per heavy atom. The van der Waals surface area contributed by atoms with Crippen LogP contribution in [0.1, 0.15) is 31.2 Å². The van der Waals surface area contributed by atoms with Gasteiger partial charge < -0.3 is 5.11 Å². The number of thioether (sulfide) groups is 1. The van der Waals surface area contributed by atoms with E-state index >= 15 is 0 Å². The Kier molecular flexibility index (Phi) is 5.41. The van der Waals surface area contributed by atoms with Crippen molar-refractivity contribution in [2.45, 2.75) is 43.4 Å². The zero-order chi connectivity index (χ0) is 12.8. The normalized spacial score (nSPS) is 21.8. The molecule has 0 spiro atoms. The van der Waals surface area contributed by atoms with Crippen LogP contribution in [0.5, 0.6) is 0 Å². The highest BCUT2D eigenvalue weighted by Gasteiger charge is 2.20. The molecule has 18 heavy (non-hydrogen) atoms. The van der Waals surface area contributed by atoms with E-state index in [1.165, 1.54) is 19.3 Å². The van der Waals surface area contributed by atoms with Crippen LogP contribution in [0.15, 0.2) is 17.6 Å². The first-order valence-electron chi connectivity index (χ1n) is 6.53. The molecule has 0 amide bonds. The van der Waals surface area contributed by atoms with Crippen LogP contribution in [0.25, 0.3) is 0 Å². The molecule has 0 bridgehead atoms. The molecule has 0 unspecified atom stereocenters. The molecule has 1 aromatic heterocycles. The molecule has 2 heterocycles. The fourth-order valence-corrected chi connectivity index (χ4v) is 2.73. The van der Waals surface area contributed by atoms with Gasteiger partial charge in [-0.1, -0.05) is 24.6 Å². The third kappa shape index (κ3) is 3.67. The summed E-state index contributed by atoms with van der Waals surface area (Å²) in [6.07, 6.45) is 10.6. The third-order valence-electron chi connectivity index (χ3n) is 3.46. The molecule has 4 nitrogen and oxygen atoms in total. The van der Waals surface area contributed by atoms with Crippen molar-refractivity contribution < 1.29 is 5.11 Å². The van der Waals surface area contributed by atoms with Crippen LogP contribution in [0, 0.1) is 0 Å². The van der Waals surface area contributed by atoms with Crippen molar-refractivity contribution in [2.24, 2.45) is 0 Å². The maximum Gasteiger partial charge on any atom is 0.187 e. The molecular formula is C13H21N3OS. The second-order valence-electron chi connectivity index (χ2n) is 4.73. The highest BCUT2D eigenvalue weighted by molar-refractivity contribution is 7.98. The van der Waals surface area contributed by atoms with Gasteiger partial charge in [0.2, 0.25) is 0 Å². The van der Waals surface area contributed by atoms with Gasteiger partial charge in [-0.25, -0.2) is 9.97 Å². The Labute approximate surface area is 113 Å². The number of aromatic nitrogens is 2. The third-order valence-corrected chi connectivity index (χ3v) is 4.04. The van der Waals surface area contributed by atoms with Crippen molar-refractivity contribution in [1.82, 2.24) is 14.9 Å². The van der Waals surface area contributed by atoms with Gasteiger partial charge in [0.05, 0.1) is 6.61 Å². The largest absolute Gasteiger partial charge is 0.395 e. The lowest BCUT2D eigenvalue weighted by molar-refractivity contribution is 0.118. The van der Waals surface area contributed by atoms with E-state index in [2.05, 4.69) is 14.9 Å². The quantitative estimate of drug-likeness (QED) is 0.667. The van der Waals surface area contributed by atoms with E-state index in [1.807, 2.05) is 18.6 Å². The summed E-state index contributed by atoms with van der Waals surface area (Å²) < 4.78 is 0. The Balaban J connectivity index is 2.00. The van der Waals surface area contributed by atoms with E-state index in [0.29, 0.717) is 6.04 Å². The number of rotatable bonds is 4. The van der Waals surface area contributed by atoms with Crippen molar-refractivity contribution in [1.29, 1.82) is 0 Å². The maximum absolute atomic E-state index is 9.47. The van der Waals surface area contributed by atoms with Crippen molar-refractivity contribution in [3.05, 3.63) is 18.0 Å². The fraction of sp³-hybridized carbons (Fsp3) is 0.692. The SMILES string of the molecule is CSc1ncc(CN2CCCCC[C@H]2CO)cn1. The molecule has 5 heteroatoms. The molecule has 0 saturated carbocycles. The summed E-state index contributed by atoms with van der Waals surface area (Å²) in [5.74, 6) is 0. The molecule has 0 aliphatic carbocycles. The van der Waals surface area contributed by atoms with Gasteiger partial charge in [0, 0.05) is 30.5 Å². The van der Waals surface area contributed by atoms with E-state index < -0.39 is 0 Å². The molecule has 1 aliphatic heterocycles. The van der Waals surface area contributed by atoms with Gasteiger partial charge in [0.15, 0.2) is 5.16 Å². The van der Waals surface area contributed by atoms with Gasteiger partial charge in [0.1, 0.15) is 0 Å². The number of hydrogen-bond acceptors (Lipinski definition) is 5. The summed E-state index contributed by atoms with van der Waals surface area (Å²) in [7, 11) is 0. The first kappa shape index (κ1) is 13.8. The summed E-state index contributed by atoms with van der Waals surface area (Å²) in [6, 6.07) is 0.299. The lowest BCUT2D eigenvalue weighted by Gasteiger charge is -2.28. The molecule has 1 aromatic rings. The summed E-state index contributed by atoms with van der Waals surface area (Å²) in [6.45, 7) is 2.17. The second-order valence-corrected chi connectivity index (χ2v) is 5.51. The van der Waals surface area contributed by atoms with Crippen molar-refractivity contribution >= 4 is 11.8 Å². The predicted octanol–water partition coefficient (Wildman–Crippen LogP) is 1.94. The monoisotopic (exact) mass is 267 g/mol. The van der Waals surface area contributed by atoms with Gasteiger partial charge in [-0.2, -0.15) is 0 Å². The number of hydrogen-bond donors (Lipinski definition) is 1. The van der Waals surface area contributed by atoms with Gasteiger partial charge in [-0.05, 0) is 25.6 Å². The summed E-state index contributed by atoms with van der Waals surface area (Å²) in [5, 5.41) is 10.3. The molecular weight excluding hydrogens is 246 g/mol. The molecule has 2 rings (SSSR count).